The molecular formula is C16H24IN5S. The molecule has 0 aliphatic heterocycles. The molecule has 5 nitrogen and oxygen atoms in total. The van der Waals surface area contributed by atoms with Crippen molar-refractivity contribution in [3.05, 3.63) is 42.4 Å². The van der Waals surface area contributed by atoms with Gasteiger partial charge in [-0.05, 0) is 18.7 Å². The van der Waals surface area contributed by atoms with Crippen LogP contribution in [0.25, 0.3) is 11.3 Å². The van der Waals surface area contributed by atoms with Crippen molar-refractivity contribution in [3.8, 4) is 11.3 Å². The Kier molecular flexibility index (Phi) is 9.77. The number of guanidine groups is 1. The van der Waals surface area contributed by atoms with E-state index >= 15 is 0 Å². The van der Waals surface area contributed by atoms with E-state index in [1.807, 2.05) is 36.2 Å². The molecule has 1 aromatic carbocycles. The summed E-state index contributed by atoms with van der Waals surface area (Å²) in [5.41, 5.74) is 2.15. The predicted octanol–water partition coefficient (Wildman–Crippen LogP) is 3.11. The molecule has 2 aromatic rings. The molecule has 0 unspecified atom stereocenters. The van der Waals surface area contributed by atoms with E-state index < -0.39 is 0 Å². The zero-order valence-electron chi connectivity index (χ0n) is 13.5. The molecule has 126 valence electrons. The first-order valence-electron chi connectivity index (χ1n) is 7.44. The summed E-state index contributed by atoms with van der Waals surface area (Å²) in [5.74, 6) is 2.75. The lowest BCUT2D eigenvalue weighted by Crippen LogP contribution is -2.38. The lowest BCUT2D eigenvalue weighted by atomic mass is 10.2. The molecule has 3 N–H and O–H groups in total. The van der Waals surface area contributed by atoms with E-state index in [0.29, 0.717) is 6.54 Å². The monoisotopic (exact) mass is 445 g/mol. The summed E-state index contributed by atoms with van der Waals surface area (Å²) in [6.07, 6.45) is 3.95. The van der Waals surface area contributed by atoms with Crippen LogP contribution in [0, 0.1) is 0 Å². The predicted molar refractivity (Wildman–Crippen MR) is 111 cm³/mol. The highest BCUT2D eigenvalue weighted by Crippen LogP contribution is 2.16. The van der Waals surface area contributed by atoms with Gasteiger partial charge in [0.05, 0.1) is 11.9 Å². The molecule has 0 aliphatic carbocycles. The second-order valence-electron chi connectivity index (χ2n) is 4.72. The molecule has 0 aliphatic rings. The number of benzene rings is 1. The molecule has 1 aromatic heterocycles. The summed E-state index contributed by atoms with van der Waals surface area (Å²) in [6.45, 7) is 4.34. The van der Waals surface area contributed by atoms with Gasteiger partial charge in [0.2, 0.25) is 0 Å². The number of aromatic amines is 1. The minimum Gasteiger partial charge on any atom is -0.357 e. The van der Waals surface area contributed by atoms with Gasteiger partial charge in [0.1, 0.15) is 12.4 Å². The highest BCUT2D eigenvalue weighted by Gasteiger charge is 2.03. The number of imidazole rings is 1. The summed E-state index contributed by atoms with van der Waals surface area (Å²) in [6, 6.07) is 10.2. The first kappa shape index (κ1) is 19.8. The largest absolute Gasteiger partial charge is 0.357 e. The first-order chi connectivity index (χ1) is 10.8. The third-order valence-corrected chi connectivity index (χ3v) is 3.66. The summed E-state index contributed by atoms with van der Waals surface area (Å²) < 4.78 is 0. The maximum Gasteiger partial charge on any atom is 0.191 e. The second-order valence-corrected chi connectivity index (χ2v) is 5.71. The van der Waals surface area contributed by atoms with Gasteiger partial charge in [-0.3, -0.25) is 0 Å². The normalized spacial score (nSPS) is 11.0. The van der Waals surface area contributed by atoms with Crippen molar-refractivity contribution >= 4 is 41.7 Å². The van der Waals surface area contributed by atoms with Crippen LogP contribution in [0.4, 0.5) is 0 Å². The second kappa shape index (κ2) is 11.3. The molecule has 0 spiro atoms. The third-order valence-electron chi connectivity index (χ3n) is 3.04. The van der Waals surface area contributed by atoms with Crippen molar-refractivity contribution in [2.75, 3.05) is 25.1 Å². The number of nitrogens with zero attached hydrogens (tertiary/aromatic N) is 2. The number of halogens is 1. The number of aromatic nitrogens is 2. The molecule has 2 rings (SSSR count). The number of hydrogen-bond donors (Lipinski definition) is 3. The maximum absolute atomic E-state index is 4.55. The van der Waals surface area contributed by atoms with Crippen LogP contribution in [0.5, 0.6) is 0 Å². The van der Waals surface area contributed by atoms with Gasteiger partial charge < -0.3 is 15.6 Å². The molecule has 0 radical (unpaired) electrons. The van der Waals surface area contributed by atoms with Crippen LogP contribution in [0.15, 0.2) is 41.5 Å². The van der Waals surface area contributed by atoms with Gasteiger partial charge in [0, 0.05) is 18.8 Å². The quantitative estimate of drug-likeness (QED) is 0.265. The zero-order chi connectivity index (χ0) is 15.6. The molecule has 0 saturated carbocycles. The number of aliphatic imine (C=N–C) groups is 1. The van der Waals surface area contributed by atoms with E-state index in [9.17, 15) is 0 Å². The molecule has 0 bridgehead atoms. The van der Waals surface area contributed by atoms with E-state index in [0.717, 1.165) is 41.9 Å². The highest BCUT2D eigenvalue weighted by molar-refractivity contribution is 14.0. The van der Waals surface area contributed by atoms with E-state index in [-0.39, 0.29) is 24.0 Å². The first-order valence-corrected chi connectivity index (χ1v) is 8.83. The summed E-state index contributed by atoms with van der Waals surface area (Å²) in [7, 11) is 0. The van der Waals surface area contributed by atoms with Crippen LogP contribution in [0.2, 0.25) is 0 Å². The minimum atomic E-state index is 0. The summed E-state index contributed by atoms with van der Waals surface area (Å²) in [5, 5.41) is 6.54. The summed E-state index contributed by atoms with van der Waals surface area (Å²) in [4.78, 5) is 12.3. The van der Waals surface area contributed by atoms with Gasteiger partial charge in [-0.1, -0.05) is 30.3 Å². The van der Waals surface area contributed by atoms with Crippen LogP contribution < -0.4 is 10.6 Å². The van der Waals surface area contributed by atoms with Crippen molar-refractivity contribution in [2.45, 2.75) is 13.5 Å². The number of thioether (sulfide) groups is 1. The molecule has 1 heterocycles. The van der Waals surface area contributed by atoms with Crippen molar-refractivity contribution in [2.24, 2.45) is 4.99 Å². The van der Waals surface area contributed by atoms with Crippen molar-refractivity contribution in [1.29, 1.82) is 0 Å². The number of rotatable bonds is 7. The van der Waals surface area contributed by atoms with Gasteiger partial charge in [-0.2, -0.15) is 11.8 Å². The standard InChI is InChI=1S/C16H23N5S.HI/c1-3-17-16(18-9-10-22-2)20-12-15-19-11-14(21-15)13-7-5-4-6-8-13;/h4-8,11H,3,9-10,12H2,1-2H3,(H,19,21)(H2,17,18,20);1H. The van der Waals surface area contributed by atoms with E-state index in [2.05, 4.69) is 50.9 Å². The fourth-order valence-electron chi connectivity index (χ4n) is 1.97. The average molecular weight is 445 g/mol. The maximum atomic E-state index is 4.55. The van der Waals surface area contributed by atoms with E-state index in [4.69, 9.17) is 0 Å². The Labute approximate surface area is 159 Å². The van der Waals surface area contributed by atoms with Gasteiger partial charge >= 0.3 is 0 Å². The van der Waals surface area contributed by atoms with E-state index in [1.165, 1.54) is 0 Å². The Morgan fingerprint density at radius 1 is 1.26 bits per heavy atom. The van der Waals surface area contributed by atoms with Gasteiger partial charge in [0.25, 0.3) is 0 Å². The van der Waals surface area contributed by atoms with Crippen molar-refractivity contribution in [1.82, 2.24) is 20.6 Å². The SMILES string of the molecule is CCNC(=NCc1ncc(-c2ccccc2)[nH]1)NCCSC.I. The van der Waals surface area contributed by atoms with Crippen molar-refractivity contribution in [3.63, 3.8) is 0 Å². The third kappa shape index (κ3) is 6.82. The highest BCUT2D eigenvalue weighted by atomic mass is 127. The van der Waals surface area contributed by atoms with Gasteiger partial charge in [-0.15, -0.1) is 24.0 Å². The van der Waals surface area contributed by atoms with Crippen LogP contribution >= 0.6 is 35.7 Å². The number of hydrogen-bond acceptors (Lipinski definition) is 3. The molecule has 23 heavy (non-hydrogen) atoms. The molecule has 0 fully saturated rings. The van der Waals surface area contributed by atoms with Crippen LogP contribution in [-0.4, -0.2) is 41.0 Å². The van der Waals surface area contributed by atoms with Crippen LogP contribution in [0.1, 0.15) is 12.7 Å². The van der Waals surface area contributed by atoms with Gasteiger partial charge in [0.15, 0.2) is 5.96 Å². The minimum absolute atomic E-state index is 0. The molecule has 7 heteroatoms. The Balaban J connectivity index is 0.00000264. The smallest absolute Gasteiger partial charge is 0.191 e. The number of nitrogens with one attached hydrogen (secondary N) is 3. The van der Waals surface area contributed by atoms with Crippen LogP contribution in [0.3, 0.4) is 0 Å². The fraction of sp³-hybridized carbons (Fsp3) is 0.375. The summed E-state index contributed by atoms with van der Waals surface area (Å²) >= 11 is 1.81. The number of H-pyrrole nitrogens is 1. The lowest BCUT2D eigenvalue weighted by Gasteiger charge is -2.10. The zero-order valence-corrected chi connectivity index (χ0v) is 16.7. The van der Waals surface area contributed by atoms with Crippen molar-refractivity contribution < 1.29 is 0 Å². The Hall–Kier alpha value is -1.22. The lowest BCUT2D eigenvalue weighted by molar-refractivity contribution is 0.831. The fourth-order valence-corrected chi connectivity index (χ4v) is 2.28. The molecule has 0 amide bonds. The van der Waals surface area contributed by atoms with Crippen LogP contribution in [-0.2, 0) is 6.54 Å². The Bertz CT molecular complexity index is 585. The average Bonchev–Trinajstić information content (AvgIpc) is 3.03. The van der Waals surface area contributed by atoms with Gasteiger partial charge in [-0.25, -0.2) is 9.98 Å². The Morgan fingerprint density at radius 3 is 2.74 bits per heavy atom. The molecular weight excluding hydrogens is 421 g/mol. The molecule has 0 atom stereocenters. The van der Waals surface area contributed by atoms with E-state index in [1.54, 1.807) is 0 Å². The Morgan fingerprint density at radius 2 is 2.04 bits per heavy atom. The molecule has 0 saturated heterocycles. The topological polar surface area (TPSA) is 65.1 Å².